The smallest absolute Gasteiger partial charge is 0.0595 e. The average Bonchev–Trinajstić information content (AvgIpc) is 2.87. The van der Waals surface area contributed by atoms with Crippen LogP contribution in [-0.4, -0.2) is 5.75 Å². The Bertz CT molecular complexity index is 601. The van der Waals surface area contributed by atoms with Gasteiger partial charge in [-0.15, -0.1) is 11.3 Å². The SMILES string of the molecule is NC(Cc1ccc(Cl)c(Cl)c1)c1cc2c(s1)CCSC2. The van der Waals surface area contributed by atoms with Crippen molar-refractivity contribution in [2.75, 3.05) is 5.75 Å². The predicted octanol–water partition coefficient (Wildman–Crippen LogP) is 5.09. The molecule has 0 radical (unpaired) electrons. The van der Waals surface area contributed by atoms with Crippen LogP contribution in [0.2, 0.25) is 10.0 Å². The van der Waals surface area contributed by atoms with Crippen LogP contribution in [0.1, 0.15) is 26.9 Å². The second-order valence-electron chi connectivity index (χ2n) is 4.96. The quantitative estimate of drug-likeness (QED) is 0.840. The lowest BCUT2D eigenvalue weighted by Gasteiger charge is -2.10. The molecule has 0 saturated carbocycles. The third-order valence-electron chi connectivity index (χ3n) is 3.45. The first kappa shape index (κ1) is 14.7. The van der Waals surface area contributed by atoms with E-state index in [9.17, 15) is 0 Å². The van der Waals surface area contributed by atoms with Gasteiger partial charge < -0.3 is 5.73 Å². The van der Waals surface area contributed by atoms with Crippen LogP contribution in [0.4, 0.5) is 0 Å². The normalized spacial score (nSPS) is 15.9. The molecule has 1 unspecified atom stereocenters. The standard InChI is InChI=1S/C15H15Cl2NS2/c16-11-2-1-9(5-12(11)17)6-13(18)15-7-10-8-19-4-3-14(10)20-15/h1-2,5,7,13H,3-4,6,8,18H2. The van der Waals surface area contributed by atoms with E-state index in [0.717, 1.165) is 17.7 Å². The Kier molecular flexibility index (Phi) is 4.63. The molecule has 0 aliphatic carbocycles. The van der Waals surface area contributed by atoms with Gasteiger partial charge in [-0.2, -0.15) is 11.8 Å². The first-order valence-electron chi connectivity index (χ1n) is 6.52. The van der Waals surface area contributed by atoms with Gasteiger partial charge in [0.05, 0.1) is 10.0 Å². The summed E-state index contributed by atoms with van der Waals surface area (Å²) in [4.78, 5) is 2.80. The molecule has 1 aromatic heterocycles. The Morgan fingerprint density at radius 2 is 2.05 bits per heavy atom. The Morgan fingerprint density at radius 1 is 1.20 bits per heavy atom. The molecule has 0 fully saturated rings. The number of aryl methyl sites for hydroxylation is 1. The fraction of sp³-hybridized carbons (Fsp3) is 0.333. The fourth-order valence-corrected chi connectivity index (χ4v) is 5.07. The molecule has 1 aliphatic rings. The van der Waals surface area contributed by atoms with Gasteiger partial charge in [0.25, 0.3) is 0 Å². The number of nitrogens with two attached hydrogens (primary N) is 1. The molecule has 1 aliphatic heterocycles. The van der Waals surface area contributed by atoms with Gasteiger partial charge in [0.1, 0.15) is 0 Å². The van der Waals surface area contributed by atoms with Crippen LogP contribution in [0.5, 0.6) is 0 Å². The van der Waals surface area contributed by atoms with Crippen LogP contribution in [0.15, 0.2) is 24.3 Å². The Morgan fingerprint density at radius 3 is 2.80 bits per heavy atom. The summed E-state index contributed by atoms with van der Waals surface area (Å²) in [5.41, 5.74) is 8.96. The topological polar surface area (TPSA) is 26.0 Å². The monoisotopic (exact) mass is 343 g/mol. The molecule has 5 heteroatoms. The number of hydrogen-bond acceptors (Lipinski definition) is 3. The summed E-state index contributed by atoms with van der Waals surface area (Å²) < 4.78 is 0. The van der Waals surface area contributed by atoms with E-state index in [1.54, 1.807) is 0 Å². The van der Waals surface area contributed by atoms with Gasteiger partial charge in [-0.3, -0.25) is 0 Å². The maximum absolute atomic E-state index is 6.35. The van der Waals surface area contributed by atoms with Gasteiger partial charge in [-0.05, 0) is 47.9 Å². The van der Waals surface area contributed by atoms with Crippen molar-refractivity contribution in [3.05, 3.63) is 55.2 Å². The minimum absolute atomic E-state index is 0.0350. The molecule has 3 rings (SSSR count). The Labute approximate surface area is 137 Å². The van der Waals surface area contributed by atoms with Crippen LogP contribution >= 0.6 is 46.3 Å². The second-order valence-corrected chi connectivity index (χ2v) is 8.05. The first-order chi connectivity index (χ1) is 9.63. The van der Waals surface area contributed by atoms with Crippen molar-refractivity contribution in [2.24, 2.45) is 5.73 Å². The fourth-order valence-electron chi connectivity index (χ4n) is 2.37. The highest BCUT2D eigenvalue weighted by Crippen LogP contribution is 2.35. The lowest BCUT2D eigenvalue weighted by Crippen LogP contribution is -2.11. The molecule has 1 atom stereocenters. The van der Waals surface area contributed by atoms with E-state index in [-0.39, 0.29) is 6.04 Å². The molecule has 0 saturated heterocycles. The molecule has 2 N–H and O–H groups in total. The summed E-state index contributed by atoms with van der Waals surface area (Å²) in [6.07, 6.45) is 1.98. The lowest BCUT2D eigenvalue weighted by molar-refractivity contribution is 0.736. The molecule has 2 heterocycles. The number of rotatable bonds is 3. The van der Waals surface area contributed by atoms with Crippen LogP contribution < -0.4 is 5.73 Å². The zero-order valence-electron chi connectivity index (χ0n) is 10.9. The molecule has 106 valence electrons. The highest BCUT2D eigenvalue weighted by molar-refractivity contribution is 7.98. The van der Waals surface area contributed by atoms with Crippen molar-refractivity contribution in [3.8, 4) is 0 Å². The van der Waals surface area contributed by atoms with E-state index in [0.29, 0.717) is 10.0 Å². The number of halogens is 2. The van der Waals surface area contributed by atoms with Crippen molar-refractivity contribution in [3.63, 3.8) is 0 Å². The van der Waals surface area contributed by atoms with E-state index in [1.165, 1.54) is 27.5 Å². The third kappa shape index (κ3) is 3.18. The average molecular weight is 344 g/mol. The summed E-state index contributed by atoms with van der Waals surface area (Å²) in [6.45, 7) is 0. The molecule has 0 amide bonds. The van der Waals surface area contributed by atoms with Crippen molar-refractivity contribution in [2.45, 2.75) is 24.6 Å². The highest BCUT2D eigenvalue weighted by atomic mass is 35.5. The van der Waals surface area contributed by atoms with Gasteiger partial charge >= 0.3 is 0 Å². The van der Waals surface area contributed by atoms with Gasteiger partial charge in [0.15, 0.2) is 0 Å². The maximum Gasteiger partial charge on any atom is 0.0595 e. The molecule has 1 aromatic carbocycles. The van der Waals surface area contributed by atoms with Crippen molar-refractivity contribution in [1.29, 1.82) is 0 Å². The van der Waals surface area contributed by atoms with Crippen LogP contribution in [-0.2, 0) is 18.6 Å². The molecule has 0 spiro atoms. The van der Waals surface area contributed by atoms with Crippen molar-refractivity contribution < 1.29 is 0 Å². The van der Waals surface area contributed by atoms with E-state index >= 15 is 0 Å². The third-order valence-corrected chi connectivity index (χ3v) is 6.57. The number of benzene rings is 1. The zero-order valence-corrected chi connectivity index (χ0v) is 14.0. The number of thioether (sulfide) groups is 1. The number of thiophene rings is 1. The molecular weight excluding hydrogens is 329 g/mol. The van der Waals surface area contributed by atoms with Crippen molar-refractivity contribution in [1.82, 2.24) is 0 Å². The summed E-state index contributed by atoms with van der Waals surface area (Å²) in [6, 6.07) is 8.06. The van der Waals surface area contributed by atoms with Crippen LogP contribution in [0, 0.1) is 0 Å². The van der Waals surface area contributed by atoms with Gasteiger partial charge in [-0.25, -0.2) is 0 Å². The van der Waals surface area contributed by atoms with E-state index in [4.69, 9.17) is 28.9 Å². The number of fused-ring (bicyclic) bond motifs is 1. The van der Waals surface area contributed by atoms with E-state index in [2.05, 4.69) is 6.07 Å². The van der Waals surface area contributed by atoms with Crippen LogP contribution in [0.25, 0.3) is 0 Å². The number of hydrogen-bond donors (Lipinski definition) is 1. The van der Waals surface area contributed by atoms with Crippen molar-refractivity contribution >= 4 is 46.3 Å². The van der Waals surface area contributed by atoms with E-state index in [1.807, 2.05) is 41.3 Å². The summed E-state index contributed by atoms with van der Waals surface area (Å²) in [7, 11) is 0. The predicted molar refractivity (Wildman–Crippen MR) is 91.3 cm³/mol. The molecule has 2 aromatic rings. The lowest BCUT2D eigenvalue weighted by atomic mass is 10.0. The van der Waals surface area contributed by atoms with E-state index < -0.39 is 0 Å². The van der Waals surface area contributed by atoms with Gasteiger partial charge in [0, 0.05) is 21.5 Å². The molecular formula is C15H15Cl2NS2. The highest BCUT2D eigenvalue weighted by Gasteiger charge is 2.17. The Hall–Kier alpha value is -0.190. The first-order valence-corrected chi connectivity index (χ1v) is 9.25. The summed E-state index contributed by atoms with van der Waals surface area (Å²) in [5.74, 6) is 2.36. The maximum atomic E-state index is 6.35. The Balaban J connectivity index is 1.76. The summed E-state index contributed by atoms with van der Waals surface area (Å²) in [5, 5.41) is 1.19. The van der Waals surface area contributed by atoms with Gasteiger partial charge in [0.2, 0.25) is 0 Å². The molecule has 1 nitrogen and oxygen atoms in total. The van der Waals surface area contributed by atoms with Crippen LogP contribution in [0.3, 0.4) is 0 Å². The summed E-state index contributed by atoms with van der Waals surface area (Å²) >= 11 is 15.9. The second kappa shape index (κ2) is 6.29. The molecule has 20 heavy (non-hydrogen) atoms. The minimum atomic E-state index is 0.0350. The molecule has 0 bridgehead atoms. The zero-order chi connectivity index (χ0) is 14.1. The largest absolute Gasteiger partial charge is 0.323 e. The van der Waals surface area contributed by atoms with Gasteiger partial charge in [-0.1, -0.05) is 29.3 Å². The minimum Gasteiger partial charge on any atom is -0.323 e.